The molecule has 0 radical (unpaired) electrons. The van der Waals surface area contributed by atoms with Gasteiger partial charge in [0.15, 0.2) is 23.5 Å². The molecule has 9 nitrogen and oxygen atoms in total. The van der Waals surface area contributed by atoms with E-state index in [4.69, 9.17) is 15.2 Å². The molecule has 0 spiro atoms. The van der Waals surface area contributed by atoms with Gasteiger partial charge in [0.1, 0.15) is 18.1 Å². The predicted molar refractivity (Wildman–Crippen MR) is 174 cm³/mol. The van der Waals surface area contributed by atoms with Crippen molar-refractivity contribution >= 4 is 23.1 Å². The molecule has 7 rings (SSSR count). The topological polar surface area (TPSA) is 144 Å². The van der Waals surface area contributed by atoms with Crippen LogP contribution in [-0.4, -0.2) is 56.8 Å². The summed E-state index contributed by atoms with van der Waals surface area (Å²) in [5, 5.41) is 25.2. The van der Waals surface area contributed by atoms with Crippen LogP contribution >= 0.6 is 0 Å². The molecule has 2 aromatic rings. The Morgan fingerprint density at radius 1 is 1.17 bits per heavy atom. The van der Waals surface area contributed by atoms with Gasteiger partial charge >= 0.3 is 0 Å². The lowest BCUT2D eigenvalue weighted by Crippen LogP contribution is -2.65. The molecule has 5 N–H and O–H groups in total. The quantitative estimate of drug-likeness (QED) is 0.213. The number of nitrogens with one attached hydrogen (secondary N) is 1. The van der Waals surface area contributed by atoms with Crippen molar-refractivity contribution in [3.05, 3.63) is 77.5 Å². The Morgan fingerprint density at radius 3 is 2.60 bits per heavy atom. The van der Waals surface area contributed by atoms with E-state index in [0.29, 0.717) is 41.9 Å². The number of ketones is 2. The number of fused-ring (bicyclic) bond motifs is 5. The van der Waals surface area contributed by atoms with Crippen LogP contribution in [0.4, 0.5) is 15.9 Å². The molecule has 250 valence electrons. The largest absolute Gasteiger partial charge is 0.399 e. The minimum atomic E-state index is -1.94. The fourth-order valence-corrected chi connectivity index (χ4v) is 9.25. The number of anilines is 2. The van der Waals surface area contributed by atoms with Crippen molar-refractivity contribution in [2.75, 3.05) is 17.7 Å². The Kier molecular flexibility index (Phi) is 7.94. The van der Waals surface area contributed by atoms with Gasteiger partial charge in [-0.15, -0.1) is 0 Å². The van der Waals surface area contributed by atoms with Gasteiger partial charge in [0.05, 0.1) is 17.7 Å². The Labute approximate surface area is 274 Å². The first-order valence-corrected chi connectivity index (χ1v) is 16.8. The molecule has 0 amide bonds. The van der Waals surface area contributed by atoms with Crippen molar-refractivity contribution in [3.63, 3.8) is 0 Å². The number of hydrogen-bond acceptors (Lipinski definition) is 9. The van der Waals surface area contributed by atoms with Crippen molar-refractivity contribution in [1.29, 1.82) is 0 Å². The number of allylic oxidation sites excluding steroid dienone is 4. The number of nitrogens with two attached hydrogens (primary N) is 1. The summed E-state index contributed by atoms with van der Waals surface area (Å²) in [6.45, 7) is 3.06. The van der Waals surface area contributed by atoms with Crippen LogP contribution in [0.2, 0.25) is 0 Å². The van der Waals surface area contributed by atoms with Crippen LogP contribution in [-0.2, 0) is 24.6 Å². The highest BCUT2D eigenvalue weighted by Crippen LogP contribution is 2.69. The molecule has 0 bridgehead atoms. The number of rotatable bonds is 9. The first-order valence-electron chi connectivity index (χ1n) is 16.8. The fraction of sp³-hybridized carbons (Fsp3) is 0.541. The van der Waals surface area contributed by atoms with Gasteiger partial charge in [0.25, 0.3) is 0 Å². The van der Waals surface area contributed by atoms with Gasteiger partial charge in [0.2, 0.25) is 0 Å². The van der Waals surface area contributed by atoms with Crippen LogP contribution in [0.15, 0.2) is 66.4 Å². The SMILES string of the molecule is CC/C=C\C(=O)/C=C1/CC[C@H]2[C@@H]3C[C@H]4O[C@@H](c5ccc(NC6(c7ccc(N)cc7)CC6)nc5)O[C@@]4(C(=O)CO)[C@@]3(C)C[C@H](O)[C@]2(F)C1. The number of benzene rings is 1. The third-order valence-corrected chi connectivity index (χ3v) is 11.8. The average Bonchev–Trinajstić information content (AvgIpc) is 3.66. The van der Waals surface area contributed by atoms with Crippen molar-refractivity contribution in [3.8, 4) is 0 Å². The summed E-state index contributed by atoms with van der Waals surface area (Å²) in [6, 6.07) is 11.6. The summed E-state index contributed by atoms with van der Waals surface area (Å²) in [4.78, 5) is 30.7. The lowest BCUT2D eigenvalue weighted by atomic mass is 9.51. The van der Waals surface area contributed by atoms with E-state index < -0.39 is 53.5 Å². The minimum Gasteiger partial charge on any atom is -0.399 e. The molecule has 4 saturated carbocycles. The van der Waals surface area contributed by atoms with E-state index in [0.717, 1.165) is 24.8 Å². The number of Topliss-reactive ketones (excluding diaryl/α,β-unsaturated/α-hetero) is 1. The van der Waals surface area contributed by atoms with E-state index in [1.54, 1.807) is 12.3 Å². The Bertz CT molecular complexity index is 1610. The van der Waals surface area contributed by atoms with Gasteiger partial charge in [-0.25, -0.2) is 9.37 Å². The van der Waals surface area contributed by atoms with E-state index in [1.165, 1.54) is 12.2 Å². The number of carbonyl (C=O) groups is 2. The van der Waals surface area contributed by atoms with E-state index in [1.807, 2.05) is 50.2 Å². The molecular formula is C37H44FN3O6. The molecule has 1 aromatic heterocycles. The summed E-state index contributed by atoms with van der Waals surface area (Å²) >= 11 is 0. The fourth-order valence-electron chi connectivity index (χ4n) is 9.25. The molecule has 0 unspecified atom stereocenters. The minimum absolute atomic E-state index is 0.0290. The highest BCUT2D eigenvalue weighted by atomic mass is 19.1. The van der Waals surface area contributed by atoms with E-state index in [9.17, 15) is 19.8 Å². The van der Waals surface area contributed by atoms with Crippen molar-refractivity contribution in [1.82, 2.24) is 4.98 Å². The van der Waals surface area contributed by atoms with Crippen LogP contribution in [0, 0.1) is 17.3 Å². The molecule has 1 saturated heterocycles. The number of ether oxygens (including phenoxy) is 2. The maximum absolute atomic E-state index is 16.9. The van der Waals surface area contributed by atoms with Gasteiger partial charge < -0.3 is 30.7 Å². The van der Waals surface area contributed by atoms with Crippen LogP contribution in [0.3, 0.4) is 0 Å². The molecule has 10 heteroatoms. The number of hydrogen-bond donors (Lipinski definition) is 4. The molecule has 1 aliphatic heterocycles. The van der Waals surface area contributed by atoms with Crippen LogP contribution in [0.25, 0.3) is 0 Å². The maximum Gasteiger partial charge on any atom is 0.193 e. The van der Waals surface area contributed by atoms with Crippen molar-refractivity contribution in [2.24, 2.45) is 17.3 Å². The first-order chi connectivity index (χ1) is 22.5. The smallest absolute Gasteiger partial charge is 0.193 e. The number of aliphatic hydroxyl groups is 2. The highest BCUT2D eigenvalue weighted by Gasteiger charge is 2.77. The zero-order valence-electron chi connectivity index (χ0n) is 27.0. The predicted octanol–water partition coefficient (Wildman–Crippen LogP) is 5.24. The van der Waals surface area contributed by atoms with E-state index >= 15 is 4.39 Å². The van der Waals surface area contributed by atoms with Gasteiger partial charge in [-0.05, 0) is 98.8 Å². The third kappa shape index (κ3) is 5.07. The monoisotopic (exact) mass is 645 g/mol. The summed E-state index contributed by atoms with van der Waals surface area (Å²) in [7, 11) is 0. The Hall–Kier alpha value is -3.44. The Morgan fingerprint density at radius 2 is 1.94 bits per heavy atom. The lowest BCUT2D eigenvalue weighted by molar-refractivity contribution is -0.214. The standard InChI is InChI=1S/C37H44FN3O6/c1-3-4-5-26(43)16-22-6-12-27-28-17-31-37(30(45)21-42,34(28,2)19-29(44)36(27,38)18-22)47-33(46-31)23-7-13-32(40-20-23)41-35(14-15-35)24-8-10-25(39)11-9-24/h4-5,7-11,13,16,20,27-29,31,33,42,44H,3,6,12,14-15,17-19,21,39H2,1-2H3,(H,40,41)/b5-4-,22-16-/t27-,28-,29-,31+,33+,34-,36-,37+/m0/s1. The number of carbonyl (C=O) groups excluding carboxylic acids is 2. The van der Waals surface area contributed by atoms with Gasteiger partial charge in [0, 0.05) is 29.3 Å². The molecule has 2 heterocycles. The van der Waals surface area contributed by atoms with Gasteiger partial charge in [-0.1, -0.05) is 37.6 Å². The molecule has 8 atom stereocenters. The Balaban J connectivity index is 1.11. The zero-order valence-corrected chi connectivity index (χ0v) is 27.0. The second-order valence-corrected chi connectivity index (χ2v) is 14.4. The van der Waals surface area contributed by atoms with Crippen molar-refractivity contribution < 1.29 is 33.7 Å². The second kappa shape index (κ2) is 11.6. The molecule has 5 aliphatic rings. The number of nitrogen functional groups attached to an aromatic ring is 1. The zero-order chi connectivity index (χ0) is 33.2. The summed E-state index contributed by atoms with van der Waals surface area (Å²) in [5.41, 5.74) is 4.38. The highest BCUT2D eigenvalue weighted by molar-refractivity contribution is 5.99. The number of aliphatic hydroxyl groups excluding tert-OH is 2. The van der Waals surface area contributed by atoms with Crippen LogP contribution in [0.5, 0.6) is 0 Å². The van der Waals surface area contributed by atoms with Gasteiger partial charge in [-0.2, -0.15) is 0 Å². The van der Waals surface area contributed by atoms with Crippen LogP contribution in [0.1, 0.15) is 82.6 Å². The molecule has 1 aromatic carbocycles. The summed E-state index contributed by atoms with van der Waals surface area (Å²) in [6.07, 6.45) is 7.34. The van der Waals surface area contributed by atoms with Crippen LogP contribution < -0.4 is 11.1 Å². The van der Waals surface area contributed by atoms with E-state index in [-0.39, 0.29) is 30.1 Å². The number of aromatic nitrogens is 1. The normalized spacial score (nSPS) is 37.7. The number of nitrogens with zero attached hydrogens (tertiary/aromatic N) is 1. The maximum atomic E-state index is 16.9. The number of pyridine rings is 1. The number of halogens is 1. The second-order valence-electron chi connectivity index (χ2n) is 14.4. The lowest BCUT2D eigenvalue weighted by Gasteiger charge is -2.57. The molecule has 47 heavy (non-hydrogen) atoms. The van der Waals surface area contributed by atoms with Gasteiger partial charge in [-0.3, -0.25) is 9.59 Å². The first kappa shape index (κ1) is 32.1. The number of alkyl halides is 1. The molecule has 4 aliphatic carbocycles. The average molecular weight is 646 g/mol. The summed E-state index contributed by atoms with van der Waals surface area (Å²) in [5.74, 6) is -0.900. The van der Waals surface area contributed by atoms with E-state index in [2.05, 4.69) is 10.3 Å². The summed E-state index contributed by atoms with van der Waals surface area (Å²) < 4.78 is 30.0. The van der Waals surface area contributed by atoms with Crippen molar-refractivity contribution in [2.45, 2.75) is 101 Å². The molecule has 5 fully saturated rings. The molecular weight excluding hydrogens is 601 g/mol. The third-order valence-electron chi connectivity index (χ3n) is 11.8.